The Morgan fingerprint density at radius 1 is 1.17 bits per heavy atom. The number of carbonyl (C=O) groups excluding carboxylic acids is 1. The van der Waals surface area contributed by atoms with Gasteiger partial charge in [-0.15, -0.1) is 0 Å². The molecule has 0 fully saturated rings. The van der Waals surface area contributed by atoms with Crippen LogP contribution in [0.15, 0.2) is 46.9 Å². The van der Waals surface area contributed by atoms with Gasteiger partial charge in [-0.1, -0.05) is 12.1 Å². The lowest BCUT2D eigenvalue weighted by molar-refractivity contribution is 0.0953. The smallest absolute Gasteiger partial charge is 0.252 e. The average Bonchev–Trinajstić information content (AvgIpc) is 3.18. The molecule has 7 nitrogen and oxygen atoms in total. The molecular formula is C21H17BrN4O3. The van der Waals surface area contributed by atoms with Gasteiger partial charge in [0.15, 0.2) is 11.5 Å². The fourth-order valence-electron chi connectivity index (χ4n) is 3.02. The van der Waals surface area contributed by atoms with Crippen molar-refractivity contribution in [2.24, 2.45) is 0 Å². The van der Waals surface area contributed by atoms with E-state index in [1.165, 1.54) is 0 Å². The molecule has 1 aliphatic rings. The lowest BCUT2D eigenvalue weighted by atomic mass is 10.1. The predicted molar refractivity (Wildman–Crippen MR) is 112 cm³/mol. The summed E-state index contributed by atoms with van der Waals surface area (Å²) in [4.78, 5) is 16.8. The summed E-state index contributed by atoms with van der Waals surface area (Å²) in [6.07, 6.45) is 0.682. The fraction of sp³-hybridized carbons (Fsp3) is 0.190. The zero-order chi connectivity index (χ0) is 20.2. The molecule has 0 radical (unpaired) electrons. The van der Waals surface area contributed by atoms with E-state index in [4.69, 9.17) is 9.47 Å². The van der Waals surface area contributed by atoms with E-state index in [0.29, 0.717) is 48.0 Å². The van der Waals surface area contributed by atoms with Crippen LogP contribution >= 0.6 is 15.9 Å². The maximum Gasteiger partial charge on any atom is 0.252 e. The highest BCUT2D eigenvalue weighted by molar-refractivity contribution is 9.10. The Morgan fingerprint density at radius 2 is 1.97 bits per heavy atom. The SMILES string of the molecule is N#Cc1cc2cc3c(cc2nc1NCCCNC(=O)c1ccccc1Br)OCO3. The molecule has 1 aliphatic heterocycles. The maximum absolute atomic E-state index is 12.2. The molecule has 2 heterocycles. The number of benzene rings is 2. The third-order valence-corrected chi connectivity index (χ3v) is 5.17. The standard InChI is InChI=1S/C21H17BrN4O3/c22-16-5-2-1-4-15(16)21(27)25-7-3-6-24-20-14(11-23)8-13-9-18-19(29-12-28-18)10-17(13)26-20/h1-2,4-5,8-10H,3,6-7,12H2,(H,24,26)(H,25,27). The molecule has 4 rings (SSSR count). The van der Waals surface area contributed by atoms with Gasteiger partial charge >= 0.3 is 0 Å². The number of nitriles is 1. The van der Waals surface area contributed by atoms with Gasteiger partial charge in [0.2, 0.25) is 6.79 Å². The molecular weight excluding hydrogens is 436 g/mol. The number of carbonyl (C=O) groups is 1. The van der Waals surface area contributed by atoms with Crippen LogP contribution in [0, 0.1) is 11.3 Å². The van der Waals surface area contributed by atoms with Gasteiger partial charge < -0.3 is 20.1 Å². The first-order valence-corrected chi connectivity index (χ1v) is 9.86. The second-order valence-electron chi connectivity index (χ2n) is 6.41. The Labute approximate surface area is 175 Å². The summed E-state index contributed by atoms with van der Waals surface area (Å²) in [5, 5.41) is 16.3. The summed E-state index contributed by atoms with van der Waals surface area (Å²) in [7, 11) is 0. The number of hydrogen-bond acceptors (Lipinski definition) is 6. The second kappa shape index (κ2) is 8.37. The molecule has 0 unspecified atom stereocenters. The second-order valence-corrected chi connectivity index (χ2v) is 7.26. The van der Waals surface area contributed by atoms with Gasteiger partial charge in [0.1, 0.15) is 11.9 Å². The largest absolute Gasteiger partial charge is 0.454 e. The molecule has 29 heavy (non-hydrogen) atoms. The number of ether oxygens (including phenoxy) is 2. The summed E-state index contributed by atoms with van der Waals surface area (Å²) in [5.41, 5.74) is 1.77. The number of halogens is 1. The number of nitrogens with one attached hydrogen (secondary N) is 2. The van der Waals surface area contributed by atoms with Crippen molar-refractivity contribution < 1.29 is 14.3 Å². The van der Waals surface area contributed by atoms with Crippen LogP contribution in [0.1, 0.15) is 22.3 Å². The van der Waals surface area contributed by atoms with Crippen molar-refractivity contribution in [1.82, 2.24) is 10.3 Å². The normalized spacial score (nSPS) is 11.9. The van der Waals surface area contributed by atoms with Crippen molar-refractivity contribution in [3.8, 4) is 17.6 Å². The fourth-order valence-corrected chi connectivity index (χ4v) is 3.49. The van der Waals surface area contributed by atoms with Gasteiger partial charge in [0.25, 0.3) is 5.91 Å². The van der Waals surface area contributed by atoms with Crippen molar-refractivity contribution >= 4 is 38.6 Å². The minimum Gasteiger partial charge on any atom is -0.454 e. The van der Waals surface area contributed by atoms with Crippen molar-refractivity contribution in [1.29, 1.82) is 5.26 Å². The van der Waals surface area contributed by atoms with Gasteiger partial charge in [-0.3, -0.25) is 4.79 Å². The van der Waals surface area contributed by atoms with Crippen LogP contribution in [0.3, 0.4) is 0 Å². The third kappa shape index (κ3) is 4.10. The first-order chi connectivity index (χ1) is 14.2. The number of fused-ring (bicyclic) bond motifs is 2. The number of rotatable bonds is 6. The van der Waals surface area contributed by atoms with Crippen LogP contribution in [0.4, 0.5) is 5.82 Å². The van der Waals surface area contributed by atoms with E-state index in [2.05, 4.69) is 37.6 Å². The van der Waals surface area contributed by atoms with Crippen molar-refractivity contribution in [2.45, 2.75) is 6.42 Å². The molecule has 146 valence electrons. The van der Waals surface area contributed by atoms with Crippen LogP contribution < -0.4 is 20.1 Å². The van der Waals surface area contributed by atoms with Gasteiger partial charge in [-0.25, -0.2) is 4.98 Å². The van der Waals surface area contributed by atoms with E-state index < -0.39 is 0 Å². The minimum absolute atomic E-state index is 0.130. The highest BCUT2D eigenvalue weighted by atomic mass is 79.9. The highest BCUT2D eigenvalue weighted by Gasteiger charge is 2.16. The van der Waals surface area contributed by atoms with Crippen molar-refractivity contribution in [3.05, 3.63) is 58.1 Å². The monoisotopic (exact) mass is 452 g/mol. The lowest BCUT2D eigenvalue weighted by Gasteiger charge is -2.10. The van der Waals surface area contributed by atoms with Crippen LogP contribution in [0.25, 0.3) is 10.9 Å². The zero-order valence-corrected chi connectivity index (χ0v) is 17.0. The van der Waals surface area contributed by atoms with Crippen LogP contribution in [0.5, 0.6) is 11.5 Å². The summed E-state index contributed by atoms with van der Waals surface area (Å²) < 4.78 is 11.5. The molecule has 0 aliphatic carbocycles. The Bertz CT molecular complexity index is 1130. The number of amides is 1. The molecule has 2 N–H and O–H groups in total. The van der Waals surface area contributed by atoms with Crippen molar-refractivity contribution in [2.75, 3.05) is 25.2 Å². The maximum atomic E-state index is 12.2. The molecule has 8 heteroatoms. The van der Waals surface area contributed by atoms with E-state index in [0.717, 1.165) is 15.4 Å². The molecule has 0 atom stereocenters. The van der Waals surface area contributed by atoms with Crippen LogP contribution in [-0.2, 0) is 0 Å². The number of aromatic nitrogens is 1. The predicted octanol–water partition coefficient (Wildman–Crippen LogP) is 3.83. The summed E-state index contributed by atoms with van der Waals surface area (Å²) in [6.45, 7) is 1.25. The third-order valence-electron chi connectivity index (χ3n) is 4.48. The van der Waals surface area contributed by atoms with E-state index in [-0.39, 0.29) is 12.7 Å². The molecule has 0 saturated carbocycles. The molecule has 1 amide bonds. The number of nitrogens with zero attached hydrogens (tertiary/aromatic N) is 2. The molecule has 0 spiro atoms. The topological polar surface area (TPSA) is 96.3 Å². The highest BCUT2D eigenvalue weighted by Crippen LogP contribution is 2.36. The summed E-state index contributed by atoms with van der Waals surface area (Å²) in [6, 6.07) is 14.9. The van der Waals surface area contributed by atoms with E-state index in [1.54, 1.807) is 12.1 Å². The van der Waals surface area contributed by atoms with Gasteiger partial charge in [0, 0.05) is 29.0 Å². The van der Waals surface area contributed by atoms with Gasteiger partial charge in [-0.05, 0) is 46.6 Å². The van der Waals surface area contributed by atoms with Crippen LogP contribution in [0.2, 0.25) is 0 Å². The van der Waals surface area contributed by atoms with Gasteiger partial charge in [0.05, 0.1) is 16.6 Å². The Balaban J connectivity index is 1.37. The Hall–Kier alpha value is -3.31. The summed E-state index contributed by atoms with van der Waals surface area (Å²) >= 11 is 3.38. The molecule has 0 bridgehead atoms. The molecule has 1 aromatic heterocycles. The van der Waals surface area contributed by atoms with Crippen LogP contribution in [-0.4, -0.2) is 30.8 Å². The Morgan fingerprint density at radius 3 is 2.76 bits per heavy atom. The quantitative estimate of drug-likeness (QED) is 0.551. The molecule has 0 saturated heterocycles. The molecule has 2 aromatic carbocycles. The minimum atomic E-state index is -0.130. The number of anilines is 1. The number of pyridine rings is 1. The lowest BCUT2D eigenvalue weighted by Crippen LogP contribution is -2.26. The average molecular weight is 453 g/mol. The zero-order valence-electron chi connectivity index (χ0n) is 15.4. The van der Waals surface area contributed by atoms with E-state index in [9.17, 15) is 10.1 Å². The first-order valence-electron chi connectivity index (χ1n) is 9.07. The number of hydrogen-bond donors (Lipinski definition) is 2. The summed E-state index contributed by atoms with van der Waals surface area (Å²) in [5.74, 6) is 1.69. The Kier molecular flexibility index (Phi) is 5.49. The van der Waals surface area contributed by atoms with Gasteiger partial charge in [-0.2, -0.15) is 5.26 Å². The van der Waals surface area contributed by atoms with E-state index >= 15 is 0 Å². The first kappa shape index (κ1) is 19.0. The molecule has 3 aromatic rings. The van der Waals surface area contributed by atoms with Crippen molar-refractivity contribution in [3.63, 3.8) is 0 Å². The van der Waals surface area contributed by atoms with E-state index in [1.807, 2.05) is 30.3 Å².